The Labute approximate surface area is 116 Å². The topological polar surface area (TPSA) is 54.0 Å². The molecule has 1 rings (SSSR count). The van der Waals surface area contributed by atoms with Gasteiger partial charge in [0, 0.05) is 13.0 Å². The number of rotatable bonds is 6. The van der Waals surface area contributed by atoms with E-state index in [4.69, 9.17) is 0 Å². The van der Waals surface area contributed by atoms with Crippen LogP contribution in [0.15, 0.2) is 18.3 Å². The number of nitrogens with zero attached hydrogens (tertiary/aromatic N) is 1. The lowest BCUT2D eigenvalue weighted by Gasteiger charge is -2.17. The van der Waals surface area contributed by atoms with E-state index in [9.17, 15) is 4.79 Å². The van der Waals surface area contributed by atoms with Gasteiger partial charge in [0.2, 0.25) is 5.91 Å². The summed E-state index contributed by atoms with van der Waals surface area (Å²) in [5.74, 6) is 0.885. The van der Waals surface area contributed by atoms with Gasteiger partial charge in [-0.2, -0.15) is 0 Å². The molecule has 0 aliphatic rings. The molecule has 0 bridgehead atoms. The molecule has 1 aromatic rings. The van der Waals surface area contributed by atoms with Gasteiger partial charge in [0.25, 0.3) is 0 Å². The Morgan fingerprint density at radius 1 is 1.32 bits per heavy atom. The van der Waals surface area contributed by atoms with Gasteiger partial charge >= 0.3 is 0 Å². The first-order chi connectivity index (χ1) is 8.90. The molecule has 4 nitrogen and oxygen atoms in total. The summed E-state index contributed by atoms with van der Waals surface area (Å²) in [6, 6.07) is 3.74. The number of aromatic nitrogens is 1. The van der Waals surface area contributed by atoms with E-state index in [2.05, 4.69) is 36.4 Å². The Morgan fingerprint density at radius 3 is 2.58 bits per heavy atom. The van der Waals surface area contributed by atoms with E-state index in [-0.39, 0.29) is 11.3 Å². The Morgan fingerprint density at radius 2 is 2.05 bits per heavy atom. The Balaban J connectivity index is 2.35. The molecule has 0 saturated heterocycles. The monoisotopic (exact) mass is 263 g/mol. The molecule has 0 aliphatic carbocycles. The number of pyridine rings is 1. The van der Waals surface area contributed by atoms with Crippen LogP contribution in [0.4, 0.5) is 11.5 Å². The fourth-order valence-electron chi connectivity index (χ4n) is 1.76. The van der Waals surface area contributed by atoms with Gasteiger partial charge in [0.15, 0.2) is 0 Å². The van der Waals surface area contributed by atoms with Gasteiger partial charge in [-0.1, -0.05) is 20.8 Å². The van der Waals surface area contributed by atoms with Crippen LogP contribution in [0, 0.1) is 5.41 Å². The van der Waals surface area contributed by atoms with Gasteiger partial charge in [0.1, 0.15) is 5.82 Å². The molecule has 0 spiro atoms. The molecule has 0 aliphatic heterocycles. The normalized spacial score (nSPS) is 11.2. The molecule has 1 heterocycles. The quantitative estimate of drug-likeness (QED) is 0.823. The first-order valence-electron chi connectivity index (χ1n) is 6.90. The van der Waals surface area contributed by atoms with E-state index in [1.54, 1.807) is 6.20 Å². The summed E-state index contributed by atoms with van der Waals surface area (Å²) in [4.78, 5) is 16.0. The summed E-state index contributed by atoms with van der Waals surface area (Å²) in [6.45, 7) is 9.43. The molecule has 2 N–H and O–H groups in total. The first kappa shape index (κ1) is 15.5. The molecular weight excluding hydrogens is 238 g/mol. The Hall–Kier alpha value is -1.58. The van der Waals surface area contributed by atoms with E-state index in [0.29, 0.717) is 6.42 Å². The predicted octanol–water partition coefficient (Wildman–Crippen LogP) is 3.67. The molecule has 0 saturated carbocycles. The van der Waals surface area contributed by atoms with Crippen molar-refractivity contribution in [3.63, 3.8) is 0 Å². The second-order valence-electron chi connectivity index (χ2n) is 5.92. The van der Waals surface area contributed by atoms with Crippen molar-refractivity contribution < 1.29 is 4.79 Å². The fraction of sp³-hybridized carbons (Fsp3) is 0.600. The van der Waals surface area contributed by atoms with Gasteiger partial charge in [0.05, 0.1) is 11.9 Å². The summed E-state index contributed by atoms with van der Waals surface area (Å²) < 4.78 is 0. The Bertz CT molecular complexity index is 393. The molecule has 0 unspecified atom stereocenters. The molecule has 0 aromatic carbocycles. The molecule has 19 heavy (non-hydrogen) atoms. The van der Waals surface area contributed by atoms with E-state index < -0.39 is 0 Å². The van der Waals surface area contributed by atoms with Crippen molar-refractivity contribution >= 4 is 17.4 Å². The van der Waals surface area contributed by atoms with Crippen molar-refractivity contribution in [3.05, 3.63) is 18.3 Å². The molecule has 0 fully saturated rings. The molecular formula is C15H25N3O. The summed E-state index contributed by atoms with van der Waals surface area (Å²) in [5, 5.41) is 5.98. The van der Waals surface area contributed by atoms with E-state index in [1.807, 2.05) is 19.1 Å². The summed E-state index contributed by atoms with van der Waals surface area (Å²) >= 11 is 0. The zero-order valence-electron chi connectivity index (χ0n) is 12.4. The number of carbonyl (C=O) groups is 1. The van der Waals surface area contributed by atoms with Crippen molar-refractivity contribution in [1.29, 1.82) is 0 Å². The van der Waals surface area contributed by atoms with Gasteiger partial charge in [-0.15, -0.1) is 0 Å². The van der Waals surface area contributed by atoms with Crippen LogP contribution in [0.25, 0.3) is 0 Å². The first-order valence-corrected chi connectivity index (χ1v) is 6.90. The highest BCUT2D eigenvalue weighted by molar-refractivity contribution is 5.90. The van der Waals surface area contributed by atoms with Crippen LogP contribution in [-0.2, 0) is 4.79 Å². The highest BCUT2D eigenvalue weighted by Gasteiger charge is 2.11. The second kappa shape index (κ2) is 7.12. The molecule has 0 radical (unpaired) electrons. The lowest BCUT2D eigenvalue weighted by atomic mass is 9.90. The maximum absolute atomic E-state index is 11.8. The standard InChI is InChI=1S/C15H25N3O/c1-5-16-13-9-8-12(11-17-13)18-14(19)7-6-10-15(2,3)4/h8-9,11H,5-7,10H2,1-4H3,(H,16,17)(H,18,19). The highest BCUT2D eigenvalue weighted by Crippen LogP contribution is 2.21. The maximum Gasteiger partial charge on any atom is 0.224 e. The highest BCUT2D eigenvalue weighted by atomic mass is 16.1. The molecule has 106 valence electrons. The Kier molecular flexibility index (Phi) is 5.80. The van der Waals surface area contributed by atoms with Crippen LogP contribution in [0.2, 0.25) is 0 Å². The average molecular weight is 263 g/mol. The average Bonchev–Trinajstić information content (AvgIpc) is 2.30. The van der Waals surface area contributed by atoms with Gasteiger partial charge in [-0.3, -0.25) is 4.79 Å². The van der Waals surface area contributed by atoms with Crippen molar-refractivity contribution in [2.75, 3.05) is 17.2 Å². The van der Waals surface area contributed by atoms with Crippen molar-refractivity contribution in [2.24, 2.45) is 5.41 Å². The third-order valence-electron chi connectivity index (χ3n) is 2.74. The lowest BCUT2D eigenvalue weighted by molar-refractivity contribution is -0.116. The van der Waals surface area contributed by atoms with E-state index in [0.717, 1.165) is 30.9 Å². The van der Waals surface area contributed by atoms with Crippen molar-refractivity contribution in [2.45, 2.75) is 47.0 Å². The maximum atomic E-state index is 11.8. The van der Waals surface area contributed by atoms with Gasteiger partial charge < -0.3 is 10.6 Å². The number of hydrogen-bond donors (Lipinski definition) is 2. The van der Waals surface area contributed by atoms with Crippen LogP contribution in [0.5, 0.6) is 0 Å². The summed E-state index contributed by atoms with van der Waals surface area (Å²) in [5.41, 5.74) is 1.04. The van der Waals surface area contributed by atoms with Gasteiger partial charge in [-0.05, 0) is 37.3 Å². The molecule has 1 amide bonds. The van der Waals surface area contributed by atoms with E-state index >= 15 is 0 Å². The summed E-state index contributed by atoms with van der Waals surface area (Å²) in [6.07, 6.45) is 4.21. The number of hydrogen-bond acceptors (Lipinski definition) is 3. The number of amides is 1. The van der Waals surface area contributed by atoms with Crippen LogP contribution in [-0.4, -0.2) is 17.4 Å². The zero-order valence-corrected chi connectivity index (χ0v) is 12.4. The number of carbonyl (C=O) groups excluding carboxylic acids is 1. The van der Waals surface area contributed by atoms with Crippen LogP contribution in [0.1, 0.15) is 47.0 Å². The third kappa shape index (κ3) is 6.79. The molecule has 0 atom stereocenters. The van der Waals surface area contributed by atoms with Gasteiger partial charge in [-0.25, -0.2) is 4.98 Å². The molecule has 1 aromatic heterocycles. The zero-order chi connectivity index (χ0) is 14.3. The second-order valence-corrected chi connectivity index (χ2v) is 5.92. The molecule has 4 heteroatoms. The lowest BCUT2D eigenvalue weighted by Crippen LogP contribution is -2.13. The van der Waals surface area contributed by atoms with Crippen LogP contribution >= 0.6 is 0 Å². The number of nitrogens with one attached hydrogen (secondary N) is 2. The smallest absolute Gasteiger partial charge is 0.224 e. The fourth-order valence-corrected chi connectivity index (χ4v) is 1.76. The van der Waals surface area contributed by atoms with E-state index in [1.165, 1.54) is 0 Å². The minimum Gasteiger partial charge on any atom is -0.370 e. The van der Waals surface area contributed by atoms with Crippen LogP contribution < -0.4 is 10.6 Å². The number of anilines is 2. The summed E-state index contributed by atoms with van der Waals surface area (Å²) in [7, 11) is 0. The predicted molar refractivity (Wildman–Crippen MR) is 80.3 cm³/mol. The SMILES string of the molecule is CCNc1ccc(NC(=O)CCCC(C)(C)C)cn1. The van der Waals surface area contributed by atoms with Crippen LogP contribution in [0.3, 0.4) is 0 Å². The largest absolute Gasteiger partial charge is 0.370 e. The minimum atomic E-state index is 0.0576. The minimum absolute atomic E-state index is 0.0576. The van der Waals surface area contributed by atoms with Crippen molar-refractivity contribution in [3.8, 4) is 0 Å². The third-order valence-corrected chi connectivity index (χ3v) is 2.74. The van der Waals surface area contributed by atoms with Crippen molar-refractivity contribution in [1.82, 2.24) is 4.98 Å².